The number of carbonyl (C=O) groups is 2. The van der Waals surface area contributed by atoms with Crippen LogP contribution in [-0.4, -0.2) is 34.1 Å². The second-order valence-corrected chi connectivity index (χ2v) is 8.71. The molecule has 2 heterocycles. The third-order valence-corrected chi connectivity index (χ3v) is 6.54. The largest absolute Gasteiger partial charge is 0.346 e. The summed E-state index contributed by atoms with van der Waals surface area (Å²) in [4.78, 5) is 34.4. The van der Waals surface area contributed by atoms with Gasteiger partial charge in [-0.15, -0.1) is 11.3 Å². The van der Waals surface area contributed by atoms with Crippen molar-refractivity contribution in [1.29, 1.82) is 0 Å². The SMILES string of the molecule is O=C(CSc1ncnc2sc(-c3ccccc3)cc12)NCC(=O)Nc1ccc(F)c(F)c1F. The molecule has 0 bridgehead atoms. The maximum Gasteiger partial charge on any atom is 0.243 e. The van der Waals surface area contributed by atoms with E-state index < -0.39 is 41.5 Å². The molecule has 0 saturated carbocycles. The zero-order valence-electron chi connectivity index (χ0n) is 16.8. The molecular weight excluding hydrogens is 473 g/mol. The zero-order chi connectivity index (χ0) is 23.4. The standard InChI is InChI=1S/C22H15F3N4O2S2/c23-14-6-7-15(20(25)19(14)24)29-17(30)9-26-18(31)10-32-21-13-8-16(12-4-2-1-3-5-12)33-22(13)28-11-27-21/h1-8,11H,9-10H2,(H,26,31)(H,29,30). The van der Waals surface area contributed by atoms with Crippen molar-refractivity contribution in [3.05, 3.63) is 72.3 Å². The number of amides is 2. The van der Waals surface area contributed by atoms with Gasteiger partial charge in [0.2, 0.25) is 11.8 Å². The number of aromatic nitrogens is 2. The molecule has 2 amide bonds. The molecule has 0 radical (unpaired) electrons. The summed E-state index contributed by atoms with van der Waals surface area (Å²) >= 11 is 2.71. The van der Waals surface area contributed by atoms with E-state index in [1.165, 1.54) is 29.4 Å². The number of thiophene rings is 1. The quantitative estimate of drug-likeness (QED) is 0.225. The Labute approximate surface area is 194 Å². The van der Waals surface area contributed by atoms with Crippen molar-refractivity contribution >= 4 is 50.8 Å². The van der Waals surface area contributed by atoms with Crippen LogP contribution in [0.5, 0.6) is 0 Å². The van der Waals surface area contributed by atoms with Crippen LogP contribution in [0.2, 0.25) is 0 Å². The van der Waals surface area contributed by atoms with Gasteiger partial charge >= 0.3 is 0 Å². The first-order valence-electron chi connectivity index (χ1n) is 9.55. The van der Waals surface area contributed by atoms with Gasteiger partial charge in [0.1, 0.15) is 16.2 Å². The van der Waals surface area contributed by atoms with Crippen LogP contribution in [0.25, 0.3) is 20.7 Å². The number of carbonyl (C=O) groups excluding carboxylic acids is 2. The van der Waals surface area contributed by atoms with Crippen molar-refractivity contribution in [3.63, 3.8) is 0 Å². The molecule has 2 N–H and O–H groups in total. The molecular formula is C22H15F3N4O2S2. The summed E-state index contributed by atoms with van der Waals surface area (Å²) in [5.74, 6) is -5.82. The van der Waals surface area contributed by atoms with E-state index in [1.54, 1.807) is 0 Å². The summed E-state index contributed by atoms with van der Waals surface area (Å²) in [5.41, 5.74) is 0.537. The van der Waals surface area contributed by atoms with Gasteiger partial charge in [-0.1, -0.05) is 42.1 Å². The molecule has 6 nitrogen and oxygen atoms in total. The number of hydrogen-bond acceptors (Lipinski definition) is 6. The summed E-state index contributed by atoms with van der Waals surface area (Å²) in [6, 6.07) is 13.4. The van der Waals surface area contributed by atoms with Crippen molar-refractivity contribution in [3.8, 4) is 10.4 Å². The van der Waals surface area contributed by atoms with Gasteiger partial charge < -0.3 is 10.6 Å². The third-order valence-electron chi connectivity index (χ3n) is 4.45. The maximum absolute atomic E-state index is 13.6. The summed E-state index contributed by atoms with van der Waals surface area (Å²) in [6.45, 7) is -0.465. The fourth-order valence-corrected chi connectivity index (χ4v) is 4.75. The van der Waals surface area contributed by atoms with E-state index in [9.17, 15) is 22.8 Å². The van der Waals surface area contributed by atoms with E-state index in [-0.39, 0.29) is 5.75 Å². The number of thioether (sulfide) groups is 1. The monoisotopic (exact) mass is 488 g/mol. The predicted octanol–water partition coefficient (Wildman–Crippen LogP) is 4.62. The van der Waals surface area contributed by atoms with Crippen LogP contribution in [0.4, 0.5) is 18.9 Å². The second kappa shape index (κ2) is 10.0. The first-order valence-corrected chi connectivity index (χ1v) is 11.4. The van der Waals surface area contributed by atoms with E-state index in [0.29, 0.717) is 11.1 Å². The summed E-state index contributed by atoms with van der Waals surface area (Å²) in [7, 11) is 0. The smallest absolute Gasteiger partial charge is 0.243 e. The summed E-state index contributed by atoms with van der Waals surface area (Å²) in [5, 5.41) is 5.93. The van der Waals surface area contributed by atoms with E-state index in [0.717, 1.165) is 26.7 Å². The average Bonchev–Trinajstić information content (AvgIpc) is 3.27. The number of hydrogen-bond donors (Lipinski definition) is 2. The number of nitrogens with one attached hydrogen (secondary N) is 2. The molecule has 0 saturated heterocycles. The number of nitrogens with zero attached hydrogens (tertiary/aromatic N) is 2. The Morgan fingerprint density at radius 3 is 2.55 bits per heavy atom. The van der Waals surface area contributed by atoms with Crippen LogP contribution in [0, 0.1) is 17.5 Å². The summed E-state index contributed by atoms with van der Waals surface area (Å²) < 4.78 is 39.8. The Bertz CT molecular complexity index is 1330. The molecule has 11 heteroatoms. The molecule has 4 aromatic rings. The Morgan fingerprint density at radius 2 is 1.76 bits per heavy atom. The molecule has 4 rings (SSSR count). The van der Waals surface area contributed by atoms with Crippen LogP contribution in [0.3, 0.4) is 0 Å². The van der Waals surface area contributed by atoms with Crippen molar-refractivity contribution in [2.45, 2.75) is 5.03 Å². The van der Waals surface area contributed by atoms with E-state index in [1.807, 2.05) is 36.4 Å². The summed E-state index contributed by atoms with van der Waals surface area (Å²) in [6.07, 6.45) is 1.43. The molecule has 0 fully saturated rings. The molecule has 0 aliphatic carbocycles. The Balaban J connectivity index is 1.34. The van der Waals surface area contributed by atoms with Gasteiger partial charge in [-0.2, -0.15) is 0 Å². The number of fused-ring (bicyclic) bond motifs is 1. The fraction of sp³-hybridized carbons (Fsp3) is 0.0909. The lowest BCUT2D eigenvalue weighted by molar-refractivity contribution is -0.122. The van der Waals surface area contributed by atoms with Gasteiger partial charge in [0.05, 0.1) is 18.0 Å². The Kier molecular flexibility index (Phi) is 6.90. The molecule has 0 spiro atoms. The van der Waals surface area contributed by atoms with Crippen molar-refractivity contribution in [2.24, 2.45) is 0 Å². The molecule has 0 atom stereocenters. The zero-order valence-corrected chi connectivity index (χ0v) is 18.4. The van der Waals surface area contributed by atoms with Gasteiger partial charge in [0.25, 0.3) is 0 Å². The van der Waals surface area contributed by atoms with Gasteiger partial charge in [-0.25, -0.2) is 23.1 Å². The van der Waals surface area contributed by atoms with Crippen LogP contribution in [0.15, 0.2) is 59.9 Å². The number of benzene rings is 2. The van der Waals surface area contributed by atoms with Crippen LogP contribution in [-0.2, 0) is 9.59 Å². The van der Waals surface area contributed by atoms with Gasteiger partial charge in [0, 0.05) is 10.3 Å². The normalized spacial score (nSPS) is 10.9. The third kappa shape index (κ3) is 5.32. The highest BCUT2D eigenvalue weighted by atomic mass is 32.2. The molecule has 33 heavy (non-hydrogen) atoms. The van der Waals surface area contributed by atoms with Gasteiger partial charge in [-0.3, -0.25) is 9.59 Å². The second-order valence-electron chi connectivity index (χ2n) is 6.71. The molecule has 0 aliphatic heterocycles. The highest BCUT2D eigenvalue weighted by Crippen LogP contribution is 2.36. The minimum Gasteiger partial charge on any atom is -0.346 e. The average molecular weight is 489 g/mol. The van der Waals surface area contributed by atoms with E-state index in [4.69, 9.17) is 0 Å². The van der Waals surface area contributed by atoms with Crippen LogP contribution >= 0.6 is 23.1 Å². The molecule has 168 valence electrons. The lowest BCUT2D eigenvalue weighted by Crippen LogP contribution is -2.34. The number of anilines is 1. The highest BCUT2D eigenvalue weighted by Gasteiger charge is 2.16. The predicted molar refractivity (Wildman–Crippen MR) is 122 cm³/mol. The molecule has 0 aliphatic rings. The lowest BCUT2D eigenvalue weighted by Gasteiger charge is -2.08. The van der Waals surface area contributed by atoms with Gasteiger partial charge in [0.15, 0.2) is 17.5 Å². The lowest BCUT2D eigenvalue weighted by atomic mass is 10.2. The Morgan fingerprint density at radius 1 is 0.970 bits per heavy atom. The van der Waals surface area contributed by atoms with Crippen LogP contribution in [0.1, 0.15) is 0 Å². The maximum atomic E-state index is 13.6. The molecule has 2 aromatic carbocycles. The minimum absolute atomic E-state index is 0.0184. The Hall–Kier alpha value is -3.44. The number of halogens is 3. The molecule has 0 unspecified atom stereocenters. The van der Waals surface area contributed by atoms with Crippen LogP contribution < -0.4 is 10.6 Å². The number of rotatable bonds is 7. The first kappa shape index (κ1) is 22.7. The van der Waals surface area contributed by atoms with Crippen molar-refractivity contribution in [1.82, 2.24) is 15.3 Å². The van der Waals surface area contributed by atoms with Gasteiger partial charge in [-0.05, 0) is 23.8 Å². The highest BCUT2D eigenvalue weighted by molar-refractivity contribution is 8.00. The topological polar surface area (TPSA) is 84.0 Å². The first-order chi connectivity index (χ1) is 15.9. The fourth-order valence-electron chi connectivity index (χ4n) is 2.87. The van der Waals surface area contributed by atoms with E-state index in [2.05, 4.69) is 20.6 Å². The van der Waals surface area contributed by atoms with E-state index >= 15 is 0 Å². The molecule has 2 aromatic heterocycles. The van der Waals surface area contributed by atoms with Crippen molar-refractivity contribution in [2.75, 3.05) is 17.6 Å². The van der Waals surface area contributed by atoms with Crippen molar-refractivity contribution < 1.29 is 22.8 Å². The minimum atomic E-state index is -1.69.